The number of amides is 2. The molecule has 0 N–H and O–H groups in total. The molecule has 0 spiro atoms. The summed E-state index contributed by atoms with van der Waals surface area (Å²) >= 11 is 5.76. The number of carbonyl (C=O) groups excluding carboxylic acids is 2. The molecule has 0 unspecified atom stereocenters. The SMILES string of the molecule is Cc1ccccc1N1C(=O)C(=Cc2ccc(N3CCOCC3)cc2)C(=O)N(c2ccccc2C)C1=S. The largest absolute Gasteiger partial charge is 0.378 e. The predicted octanol–water partition coefficient (Wildman–Crippen LogP) is 4.89. The summed E-state index contributed by atoms with van der Waals surface area (Å²) < 4.78 is 5.44. The molecule has 0 aromatic heterocycles. The van der Waals surface area contributed by atoms with Crippen LogP contribution in [-0.4, -0.2) is 43.2 Å². The minimum Gasteiger partial charge on any atom is -0.378 e. The van der Waals surface area contributed by atoms with Crippen LogP contribution in [0.2, 0.25) is 0 Å². The lowest BCUT2D eigenvalue weighted by molar-refractivity contribution is -0.120. The van der Waals surface area contributed by atoms with Crippen LogP contribution in [0.5, 0.6) is 0 Å². The van der Waals surface area contributed by atoms with Gasteiger partial charge in [-0.05, 0) is 73.1 Å². The molecule has 2 amide bonds. The fourth-order valence-corrected chi connectivity index (χ4v) is 4.92. The van der Waals surface area contributed by atoms with Gasteiger partial charge in [0.05, 0.1) is 24.6 Å². The van der Waals surface area contributed by atoms with Crippen molar-refractivity contribution >= 4 is 52.3 Å². The van der Waals surface area contributed by atoms with Crippen LogP contribution in [0.1, 0.15) is 16.7 Å². The highest BCUT2D eigenvalue weighted by molar-refractivity contribution is 7.81. The van der Waals surface area contributed by atoms with E-state index in [-0.39, 0.29) is 10.7 Å². The molecule has 0 atom stereocenters. The number of rotatable bonds is 4. The second-order valence-corrected chi connectivity index (χ2v) is 9.25. The Morgan fingerprint density at radius 2 is 1.25 bits per heavy atom. The molecular weight excluding hydrogens is 470 g/mol. The second kappa shape index (κ2) is 10.0. The Hall–Kier alpha value is -3.81. The summed E-state index contributed by atoms with van der Waals surface area (Å²) in [6.45, 7) is 6.94. The molecule has 2 heterocycles. The van der Waals surface area contributed by atoms with Crippen LogP contribution in [0.3, 0.4) is 0 Å². The van der Waals surface area contributed by atoms with Gasteiger partial charge >= 0.3 is 0 Å². The minimum atomic E-state index is -0.429. The molecule has 2 aliphatic rings. The van der Waals surface area contributed by atoms with E-state index in [0.29, 0.717) is 24.6 Å². The molecule has 2 aliphatic heterocycles. The molecule has 0 aliphatic carbocycles. The highest BCUT2D eigenvalue weighted by Gasteiger charge is 2.42. The predicted molar refractivity (Wildman–Crippen MR) is 147 cm³/mol. The lowest BCUT2D eigenvalue weighted by atomic mass is 10.0. The summed E-state index contributed by atoms with van der Waals surface area (Å²) in [4.78, 5) is 32.7. The van der Waals surface area contributed by atoms with Gasteiger partial charge in [-0.1, -0.05) is 48.5 Å². The van der Waals surface area contributed by atoms with E-state index in [1.165, 1.54) is 9.80 Å². The van der Waals surface area contributed by atoms with E-state index in [0.717, 1.165) is 35.5 Å². The van der Waals surface area contributed by atoms with Crippen molar-refractivity contribution < 1.29 is 14.3 Å². The van der Waals surface area contributed by atoms with Crippen molar-refractivity contribution in [1.82, 2.24) is 0 Å². The van der Waals surface area contributed by atoms with Crippen LogP contribution in [0.25, 0.3) is 6.08 Å². The summed E-state index contributed by atoms with van der Waals surface area (Å²) in [5.74, 6) is -0.859. The molecule has 2 saturated heterocycles. The lowest BCUT2D eigenvalue weighted by Crippen LogP contribution is -2.57. The molecular formula is C29H27N3O3S. The zero-order valence-electron chi connectivity index (χ0n) is 20.3. The number of benzene rings is 3. The molecule has 36 heavy (non-hydrogen) atoms. The first-order chi connectivity index (χ1) is 17.5. The normalized spacial score (nSPS) is 16.6. The Kier molecular flexibility index (Phi) is 6.67. The van der Waals surface area contributed by atoms with Gasteiger partial charge in [0.2, 0.25) is 0 Å². The maximum Gasteiger partial charge on any atom is 0.270 e. The number of nitrogens with zero attached hydrogens (tertiary/aromatic N) is 3. The van der Waals surface area contributed by atoms with Gasteiger partial charge in [-0.15, -0.1) is 0 Å². The maximum absolute atomic E-state index is 13.8. The number of carbonyl (C=O) groups is 2. The standard InChI is InChI=1S/C29H27N3O3S/c1-20-7-3-5-9-25(20)31-27(33)24(28(34)32(29(31)36)26-10-6-4-8-21(26)2)19-22-11-13-23(14-12-22)30-15-17-35-18-16-30/h3-14,19H,15-18H2,1-2H3. The Morgan fingerprint density at radius 1 is 0.750 bits per heavy atom. The Labute approximate surface area is 216 Å². The van der Waals surface area contributed by atoms with E-state index < -0.39 is 11.8 Å². The average Bonchev–Trinajstić information content (AvgIpc) is 2.90. The van der Waals surface area contributed by atoms with Crippen LogP contribution >= 0.6 is 12.2 Å². The van der Waals surface area contributed by atoms with Gasteiger partial charge in [0.1, 0.15) is 5.57 Å². The second-order valence-electron chi connectivity index (χ2n) is 8.89. The Bertz CT molecular complexity index is 1290. The van der Waals surface area contributed by atoms with Gasteiger partial charge in [-0.2, -0.15) is 0 Å². The molecule has 0 saturated carbocycles. The zero-order valence-corrected chi connectivity index (χ0v) is 21.1. The molecule has 5 rings (SSSR count). The molecule has 7 heteroatoms. The number of anilines is 3. The first kappa shape index (κ1) is 23.9. The van der Waals surface area contributed by atoms with Crippen molar-refractivity contribution in [3.63, 3.8) is 0 Å². The Morgan fingerprint density at radius 3 is 1.75 bits per heavy atom. The van der Waals surface area contributed by atoms with Gasteiger partial charge in [-0.25, -0.2) is 0 Å². The van der Waals surface area contributed by atoms with Crippen molar-refractivity contribution in [3.8, 4) is 0 Å². The number of aryl methyl sites for hydroxylation is 2. The van der Waals surface area contributed by atoms with Crippen molar-refractivity contribution in [3.05, 3.63) is 95.1 Å². The van der Waals surface area contributed by atoms with Crippen LogP contribution in [0.15, 0.2) is 78.4 Å². The summed E-state index contributed by atoms with van der Waals surface area (Å²) in [5.41, 5.74) is 5.02. The number of ether oxygens (including phenoxy) is 1. The van der Waals surface area contributed by atoms with E-state index in [1.807, 2.05) is 86.6 Å². The number of morpholine rings is 1. The molecule has 6 nitrogen and oxygen atoms in total. The van der Waals surface area contributed by atoms with E-state index in [9.17, 15) is 9.59 Å². The number of hydrogen-bond acceptors (Lipinski definition) is 5. The van der Waals surface area contributed by atoms with Crippen LogP contribution in [0, 0.1) is 13.8 Å². The van der Waals surface area contributed by atoms with Crippen LogP contribution < -0.4 is 14.7 Å². The number of hydrogen-bond donors (Lipinski definition) is 0. The number of para-hydroxylation sites is 2. The quantitative estimate of drug-likeness (QED) is 0.292. The smallest absolute Gasteiger partial charge is 0.270 e. The first-order valence-corrected chi connectivity index (χ1v) is 12.3. The van der Waals surface area contributed by atoms with Gasteiger partial charge in [0, 0.05) is 18.8 Å². The summed E-state index contributed by atoms with van der Waals surface area (Å²) in [6, 6.07) is 23.0. The third-order valence-corrected chi connectivity index (χ3v) is 6.91. The monoisotopic (exact) mass is 497 g/mol. The highest BCUT2D eigenvalue weighted by Crippen LogP contribution is 2.33. The fourth-order valence-electron chi connectivity index (χ4n) is 4.55. The van der Waals surface area contributed by atoms with E-state index >= 15 is 0 Å². The first-order valence-electron chi connectivity index (χ1n) is 11.9. The molecule has 182 valence electrons. The fraction of sp³-hybridized carbons (Fsp3) is 0.207. The topological polar surface area (TPSA) is 53.1 Å². The molecule has 2 fully saturated rings. The third kappa shape index (κ3) is 4.43. The van der Waals surface area contributed by atoms with Gasteiger partial charge in [0.15, 0.2) is 5.11 Å². The van der Waals surface area contributed by atoms with Crippen molar-refractivity contribution in [2.24, 2.45) is 0 Å². The van der Waals surface area contributed by atoms with E-state index in [2.05, 4.69) is 4.90 Å². The lowest BCUT2D eigenvalue weighted by Gasteiger charge is -2.37. The van der Waals surface area contributed by atoms with Gasteiger partial charge in [0.25, 0.3) is 11.8 Å². The third-order valence-electron chi connectivity index (χ3n) is 6.54. The maximum atomic E-state index is 13.8. The summed E-state index contributed by atoms with van der Waals surface area (Å²) in [6.07, 6.45) is 1.66. The van der Waals surface area contributed by atoms with Crippen molar-refractivity contribution in [2.75, 3.05) is 41.0 Å². The van der Waals surface area contributed by atoms with Gasteiger partial charge in [-0.3, -0.25) is 19.4 Å². The Balaban J connectivity index is 1.57. The summed E-state index contributed by atoms with van der Waals surface area (Å²) in [7, 11) is 0. The molecule has 3 aromatic carbocycles. The number of thiocarbonyl (C=S) groups is 1. The average molecular weight is 498 g/mol. The van der Waals surface area contributed by atoms with E-state index in [1.54, 1.807) is 6.08 Å². The minimum absolute atomic E-state index is 0.0641. The summed E-state index contributed by atoms with van der Waals surface area (Å²) in [5, 5.41) is 0.147. The zero-order chi connectivity index (χ0) is 25.2. The van der Waals surface area contributed by atoms with E-state index in [4.69, 9.17) is 17.0 Å². The molecule has 3 aromatic rings. The van der Waals surface area contributed by atoms with Crippen molar-refractivity contribution in [2.45, 2.75) is 13.8 Å². The van der Waals surface area contributed by atoms with Gasteiger partial charge < -0.3 is 9.64 Å². The molecule has 0 radical (unpaired) electrons. The van der Waals surface area contributed by atoms with Crippen LogP contribution in [-0.2, 0) is 14.3 Å². The van der Waals surface area contributed by atoms with Crippen molar-refractivity contribution in [1.29, 1.82) is 0 Å². The highest BCUT2D eigenvalue weighted by atomic mass is 32.1. The molecule has 0 bridgehead atoms. The van der Waals surface area contributed by atoms with Crippen LogP contribution in [0.4, 0.5) is 17.1 Å².